The molecule has 1 aromatic rings. The first kappa shape index (κ1) is 10.5. The van der Waals surface area contributed by atoms with Gasteiger partial charge in [0.15, 0.2) is 0 Å². The number of halogens is 1. The maximum Gasteiger partial charge on any atom is 0.0823 e. The number of rotatable bonds is 3. The van der Waals surface area contributed by atoms with E-state index in [1.807, 2.05) is 11.6 Å². The van der Waals surface area contributed by atoms with Gasteiger partial charge in [-0.1, -0.05) is 25.4 Å². The highest BCUT2D eigenvalue weighted by Gasteiger charge is 2.25. The van der Waals surface area contributed by atoms with Gasteiger partial charge >= 0.3 is 0 Å². The molecule has 0 unspecified atom stereocenters. The van der Waals surface area contributed by atoms with Gasteiger partial charge in [-0.15, -0.1) is 0 Å². The Morgan fingerprint density at radius 3 is 2.69 bits per heavy atom. The lowest BCUT2D eigenvalue weighted by molar-refractivity contribution is 0.469. The molecule has 0 bridgehead atoms. The standard InChI is InChI=1S/C9H16ClN3/c1-4-13-8(7(10)5-12-13)9(2,3)6-11/h5H,4,6,11H2,1-3H3. The van der Waals surface area contributed by atoms with Crippen molar-refractivity contribution >= 4 is 11.6 Å². The van der Waals surface area contributed by atoms with Gasteiger partial charge in [-0.25, -0.2) is 0 Å². The lowest BCUT2D eigenvalue weighted by Gasteiger charge is -2.23. The summed E-state index contributed by atoms with van der Waals surface area (Å²) in [5, 5.41) is 4.88. The van der Waals surface area contributed by atoms with Crippen molar-refractivity contribution < 1.29 is 0 Å². The summed E-state index contributed by atoms with van der Waals surface area (Å²) < 4.78 is 1.90. The predicted molar refractivity (Wildman–Crippen MR) is 55.0 cm³/mol. The van der Waals surface area contributed by atoms with Crippen molar-refractivity contribution in [2.75, 3.05) is 6.54 Å². The Hall–Kier alpha value is -0.540. The summed E-state index contributed by atoms with van der Waals surface area (Å²) in [6.45, 7) is 7.58. The fourth-order valence-corrected chi connectivity index (χ4v) is 1.77. The topological polar surface area (TPSA) is 43.8 Å². The SMILES string of the molecule is CCn1ncc(Cl)c1C(C)(C)CN. The molecule has 2 N–H and O–H groups in total. The third kappa shape index (κ3) is 1.86. The molecule has 0 saturated heterocycles. The molecular formula is C9H16ClN3. The number of hydrogen-bond acceptors (Lipinski definition) is 2. The van der Waals surface area contributed by atoms with Crippen molar-refractivity contribution in [3.05, 3.63) is 16.9 Å². The van der Waals surface area contributed by atoms with Crippen molar-refractivity contribution in [3.8, 4) is 0 Å². The average molecular weight is 202 g/mol. The molecule has 0 radical (unpaired) electrons. The van der Waals surface area contributed by atoms with E-state index in [0.29, 0.717) is 11.6 Å². The van der Waals surface area contributed by atoms with Crippen LogP contribution in [-0.2, 0) is 12.0 Å². The Morgan fingerprint density at radius 1 is 1.62 bits per heavy atom. The molecule has 0 aliphatic carbocycles. The zero-order valence-electron chi connectivity index (χ0n) is 8.34. The molecule has 0 spiro atoms. The summed E-state index contributed by atoms with van der Waals surface area (Å²) in [5.41, 5.74) is 6.61. The fraction of sp³-hybridized carbons (Fsp3) is 0.667. The van der Waals surface area contributed by atoms with E-state index in [2.05, 4.69) is 18.9 Å². The van der Waals surface area contributed by atoms with E-state index in [4.69, 9.17) is 17.3 Å². The monoisotopic (exact) mass is 201 g/mol. The van der Waals surface area contributed by atoms with E-state index in [-0.39, 0.29) is 5.41 Å². The van der Waals surface area contributed by atoms with Crippen molar-refractivity contribution in [2.45, 2.75) is 32.7 Å². The molecule has 0 amide bonds. The second-order valence-electron chi connectivity index (χ2n) is 3.74. The highest BCUT2D eigenvalue weighted by molar-refractivity contribution is 6.31. The first-order valence-electron chi connectivity index (χ1n) is 4.44. The Balaban J connectivity index is 3.18. The number of aryl methyl sites for hydroxylation is 1. The largest absolute Gasteiger partial charge is 0.330 e. The van der Waals surface area contributed by atoms with Crippen LogP contribution in [0.4, 0.5) is 0 Å². The van der Waals surface area contributed by atoms with Gasteiger partial charge in [-0.05, 0) is 6.92 Å². The van der Waals surface area contributed by atoms with Gasteiger partial charge in [-0.3, -0.25) is 4.68 Å². The van der Waals surface area contributed by atoms with Gasteiger partial charge in [0, 0.05) is 18.5 Å². The molecule has 0 atom stereocenters. The van der Waals surface area contributed by atoms with Gasteiger partial charge in [0.1, 0.15) is 0 Å². The van der Waals surface area contributed by atoms with Crippen LogP contribution in [0.25, 0.3) is 0 Å². The quantitative estimate of drug-likeness (QED) is 0.811. The molecule has 13 heavy (non-hydrogen) atoms. The zero-order chi connectivity index (χ0) is 10.1. The molecule has 0 aliphatic heterocycles. The minimum Gasteiger partial charge on any atom is -0.330 e. The lowest BCUT2D eigenvalue weighted by atomic mass is 9.89. The van der Waals surface area contributed by atoms with Crippen molar-refractivity contribution in [3.63, 3.8) is 0 Å². The van der Waals surface area contributed by atoms with Crippen LogP contribution in [0.2, 0.25) is 5.02 Å². The van der Waals surface area contributed by atoms with E-state index in [1.165, 1.54) is 0 Å². The van der Waals surface area contributed by atoms with Crippen LogP contribution in [-0.4, -0.2) is 16.3 Å². The fourth-order valence-electron chi connectivity index (χ4n) is 1.37. The zero-order valence-corrected chi connectivity index (χ0v) is 9.10. The third-order valence-corrected chi connectivity index (χ3v) is 2.52. The molecule has 0 aromatic carbocycles. The minimum atomic E-state index is -0.108. The highest BCUT2D eigenvalue weighted by atomic mass is 35.5. The van der Waals surface area contributed by atoms with Crippen LogP contribution >= 0.6 is 11.6 Å². The van der Waals surface area contributed by atoms with E-state index in [1.54, 1.807) is 6.20 Å². The van der Waals surface area contributed by atoms with Gasteiger partial charge in [0.05, 0.1) is 16.9 Å². The Morgan fingerprint density at radius 2 is 2.23 bits per heavy atom. The smallest absolute Gasteiger partial charge is 0.0823 e. The summed E-state index contributed by atoms with van der Waals surface area (Å²) in [6, 6.07) is 0. The summed E-state index contributed by atoms with van der Waals surface area (Å²) in [7, 11) is 0. The van der Waals surface area contributed by atoms with Gasteiger partial charge in [-0.2, -0.15) is 5.10 Å². The number of nitrogens with two attached hydrogens (primary N) is 1. The van der Waals surface area contributed by atoms with Crippen molar-refractivity contribution in [2.24, 2.45) is 5.73 Å². The molecule has 3 nitrogen and oxygen atoms in total. The maximum atomic E-state index is 6.05. The highest BCUT2D eigenvalue weighted by Crippen LogP contribution is 2.28. The molecular weight excluding hydrogens is 186 g/mol. The summed E-state index contributed by atoms with van der Waals surface area (Å²) in [6.07, 6.45) is 1.68. The van der Waals surface area contributed by atoms with Crippen LogP contribution in [0.5, 0.6) is 0 Å². The summed E-state index contributed by atoms with van der Waals surface area (Å²) >= 11 is 6.05. The van der Waals surface area contributed by atoms with Gasteiger partial charge < -0.3 is 5.73 Å². The average Bonchev–Trinajstić information content (AvgIpc) is 2.47. The molecule has 0 saturated carbocycles. The van der Waals surface area contributed by atoms with Crippen LogP contribution in [0.1, 0.15) is 26.5 Å². The van der Waals surface area contributed by atoms with E-state index in [0.717, 1.165) is 12.2 Å². The third-order valence-electron chi connectivity index (χ3n) is 2.25. The van der Waals surface area contributed by atoms with Gasteiger partial charge in [0.2, 0.25) is 0 Å². The molecule has 1 heterocycles. The first-order valence-corrected chi connectivity index (χ1v) is 4.82. The van der Waals surface area contributed by atoms with E-state index < -0.39 is 0 Å². The van der Waals surface area contributed by atoms with Crippen molar-refractivity contribution in [1.82, 2.24) is 9.78 Å². The molecule has 0 fully saturated rings. The molecule has 1 rings (SSSR count). The number of nitrogens with zero attached hydrogens (tertiary/aromatic N) is 2. The maximum absolute atomic E-state index is 6.05. The predicted octanol–water partition coefficient (Wildman–Crippen LogP) is 1.79. The summed E-state index contributed by atoms with van der Waals surface area (Å²) in [4.78, 5) is 0. The van der Waals surface area contributed by atoms with E-state index in [9.17, 15) is 0 Å². The van der Waals surface area contributed by atoms with Gasteiger partial charge in [0.25, 0.3) is 0 Å². The normalized spacial score (nSPS) is 12.1. The van der Waals surface area contributed by atoms with E-state index >= 15 is 0 Å². The minimum absolute atomic E-state index is 0.108. The Kier molecular flexibility index (Phi) is 2.98. The molecule has 74 valence electrons. The lowest BCUT2D eigenvalue weighted by Crippen LogP contribution is -2.31. The number of aromatic nitrogens is 2. The molecule has 4 heteroatoms. The molecule has 1 aromatic heterocycles. The second-order valence-corrected chi connectivity index (χ2v) is 4.15. The van der Waals surface area contributed by atoms with Crippen LogP contribution < -0.4 is 5.73 Å². The Bertz CT molecular complexity index is 291. The van der Waals surface area contributed by atoms with Crippen LogP contribution in [0, 0.1) is 0 Å². The van der Waals surface area contributed by atoms with Crippen molar-refractivity contribution in [1.29, 1.82) is 0 Å². The second kappa shape index (κ2) is 3.68. The van der Waals surface area contributed by atoms with Crippen LogP contribution in [0.3, 0.4) is 0 Å². The first-order chi connectivity index (χ1) is 6.03. The molecule has 0 aliphatic rings. The number of hydrogen-bond donors (Lipinski definition) is 1. The summed E-state index contributed by atoms with van der Waals surface area (Å²) in [5.74, 6) is 0. The van der Waals surface area contributed by atoms with Crippen LogP contribution in [0.15, 0.2) is 6.20 Å². The Labute approximate surface area is 83.9 Å².